The van der Waals surface area contributed by atoms with Crippen molar-refractivity contribution in [3.8, 4) is 11.5 Å². The Morgan fingerprint density at radius 3 is 1.74 bits per heavy atom. The highest BCUT2D eigenvalue weighted by molar-refractivity contribution is 7.50. The lowest BCUT2D eigenvalue weighted by Crippen LogP contribution is -1.86. The van der Waals surface area contributed by atoms with E-state index in [-0.39, 0.29) is 0 Å². The minimum Gasteiger partial charge on any atom is -0.497 e. The van der Waals surface area contributed by atoms with E-state index in [0.717, 1.165) is 37.9 Å². The molecule has 4 heteroatoms. The van der Waals surface area contributed by atoms with E-state index in [4.69, 9.17) is 13.9 Å². The predicted molar refractivity (Wildman–Crippen MR) is 78.8 cm³/mol. The maximum Gasteiger partial charge on any atom is 0.243 e. The summed E-state index contributed by atoms with van der Waals surface area (Å²) in [4.78, 5) is 0. The highest BCUT2D eigenvalue weighted by atomic mass is 32.1. The van der Waals surface area contributed by atoms with Crippen molar-refractivity contribution in [2.45, 2.75) is 0 Å². The summed E-state index contributed by atoms with van der Waals surface area (Å²) in [5.41, 5.74) is 1.48. The van der Waals surface area contributed by atoms with Crippen molar-refractivity contribution in [1.29, 1.82) is 0 Å². The van der Waals surface area contributed by atoms with Crippen molar-refractivity contribution in [3.63, 3.8) is 0 Å². The van der Waals surface area contributed by atoms with E-state index < -0.39 is 0 Å². The standard InChI is InChI=1S/C15H12O3S/c1-16-9-3-5-11-13(7-9)18-14-8-10(17-2)4-6-12(14)15(11)19/h3-8H,1-2H3/p+1. The van der Waals surface area contributed by atoms with Gasteiger partial charge in [0.25, 0.3) is 0 Å². The molecule has 19 heavy (non-hydrogen) atoms. The summed E-state index contributed by atoms with van der Waals surface area (Å²) in [5.74, 6) is 1.51. The number of rotatable bonds is 2. The fourth-order valence-corrected chi connectivity index (χ4v) is 2.45. The number of methoxy groups -OCH3 is 2. The van der Waals surface area contributed by atoms with Gasteiger partial charge in [0.2, 0.25) is 4.51 Å². The Labute approximate surface area is 115 Å². The molecule has 0 atom stereocenters. The Kier molecular flexibility index (Phi) is 2.87. The number of ether oxygens (including phenoxy) is 2. The Bertz CT molecular complexity index is 756. The molecule has 0 radical (unpaired) electrons. The fourth-order valence-electron chi connectivity index (χ4n) is 2.08. The van der Waals surface area contributed by atoms with Gasteiger partial charge in [0.1, 0.15) is 22.7 Å². The van der Waals surface area contributed by atoms with Gasteiger partial charge in [0, 0.05) is 12.1 Å². The zero-order valence-corrected chi connectivity index (χ0v) is 11.5. The molecule has 96 valence electrons. The molecular weight excluding hydrogens is 260 g/mol. The lowest BCUT2D eigenvalue weighted by molar-refractivity contribution is 0.413. The first-order valence-electron chi connectivity index (χ1n) is 5.83. The maximum absolute atomic E-state index is 5.90. The lowest BCUT2D eigenvalue weighted by Gasteiger charge is -2.04. The van der Waals surface area contributed by atoms with E-state index in [1.54, 1.807) is 14.2 Å². The van der Waals surface area contributed by atoms with E-state index in [1.807, 2.05) is 36.4 Å². The van der Waals surface area contributed by atoms with Gasteiger partial charge >= 0.3 is 0 Å². The number of benzene rings is 2. The van der Waals surface area contributed by atoms with Crippen molar-refractivity contribution < 1.29 is 13.9 Å². The molecule has 3 aromatic rings. The highest BCUT2D eigenvalue weighted by Gasteiger charge is 2.11. The molecule has 0 spiro atoms. The molecule has 0 N–H and O–H groups in total. The van der Waals surface area contributed by atoms with Crippen LogP contribution in [0.15, 0.2) is 40.8 Å². The van der Waals surface area contributed by atoms with Gasteiger partial charge in [-0.1, -0.05) is 0 Å². The van der Waals surface area contributed by atoms with Gasteiger partial charge in [0.15, 0.2) is 12.2 Å². The quantitative estimate of drug-likeness (QED) is 0.310. The van der Waals surface area contributed by atoms with Gasteiger partial charge in [-0.3, -0.25) is 0 Å². The van der Waals surface area contributed by atoms with E-state index in [9.17, 15) is 0 Å². The Hall–Kier alpha value is -2.07. The second-order valence-corrected chi connectivity index (χ2v) is 4.62. The molecule has 0 unspecified atom stereocenters. The molecule has 1 aromatic heterocycles. The second-order valence-electron chi connectivity index (χ2n) is 4.17. The zero-order chi connectivity index (χ0) is 13.4. The topological polar surface area (TPSA) is 31.6 Å². The Balaban J connectivity index is 2.41. The highest BCUT2D eigenvalue weighted by Crippen LogP contribution is 2.29. The van der Waals surface area contributed by atoms with E-state index >= 15 is 0 Å². The number of hydrogen-bond donors (Lipinski definition) is 0. The average molecular weight is 273 g/mol. The van der Waals surface area contributed by atoms with Crippen LogP contribution in [0, 0.1) is 4.51 Å². The van der Waals surface area contributed by atoms with Crippen molar-refractivity contribution in [3.05, 3.63) is 40.9 Å². The minimum absolute atomic E-state index is 0.741. The van der Waals surface area contributed by atoms with E-state index in [1.165, 1.54) is 0 Å². The zero-order valence-electron chi connectivity index (χ0n) is 10.6. The van der Waals surface area contributed by atoms with Gasteiger partial charge in [-0.15, -0.1) is 0 Å². The first-order valence-corrected chi connectivity index (χ1v) is 6.28. The SMILES string of the molecule is COc1ccc2c(=[SH+])c3ccc(OC)cc3oc2c1. The van der Waals surface area contributed by atoms with Gasteiger partial charge < -0.3 is 13.9 Å². The predicted octanol–water partition coefficient (Wildman–Crippen LogP) is 3.41. The molecule has 2 aromatic carbocycles. The van der Waals surface area contributed by atoms with Crippen LogP contribution in [0.1, 0.15) is 0 Å². The number of thiol groups is 1. The molecule has 1 heterocycles. The maximum atomic E-state index is 5.90. The molecule has 3 rings (SSSR count). The normalized spacial score (nSPS) is 10.8. The molecule has 0 saturated heterocycles. The lowest BCUT2D eigenvalue weighted by atomic mass is 10.1. The summed E-state index contributed by atoms with van der Waals surface area (Å²) in [7, 11) is 3.26. The van der Waals surface area contributed by atoms with Crippen LogP contribution in [0.3, 0.4) is 0 Å². The third-order valence-electron chi connectivity index (χ3n) is 3.11. The van der Waals surface area contributed by atoms with Crippen LogP contribution in [0.25, 0.3) is 21.9 Å². The van der Waals surface area contributed by atoms with Crippen molar-refractivity contribution in [2.75, 3.05) is 14.2 Å². The summed E-state index contributed by atoms with van der Waals surface area (Å²) in [6.45, 7) is 0. The molecule has 0 bridgehead atoms. The van der Waals surface area contributed by atoms with Crippen LogP contribution in [0.4, 0.5) is 0 Å². The monoisotopic (exact) mass is 273 g/mol. The van der Waals surface area contributed by atoms with Crippen molar-refractivity contribution in [1.82, 2.24) is 0 Å². The molecule has 0 amide bonds. The molecule has 0 aliphatic carbocycles. The van der Waals surface area contributed by atoms with Crippen LogP contribution in [0.5, 0.6) is 11.5 Å². The Morgan fingerprint density at radius 2 is 1.32 bits per heavy atom. The van der Waals surface area contributed by atoms with Crippen LogP contribution in [0.2, 0.25) is 0 Å². The third kappa shape index (κ3) is 1.94. The molecular formula is C15H13O3S+. The van der Waals surface area contributed by atoms with E-state index in [0.29, 0.717) is 0 Å². The fraction of sp³-hybridized carbons (Fsp3) is 0.133. The molecule has 0 saturated carbocycles. The summed E-state index contributed by atoms with van der Waals surface area (Å²) in [5, 5.41) is 1.92. The summed E-state index contributed by atoms with van der Waals surface area (Å²) < 4.78 is 17.2. The van der Waals surface area contributed by atoms with Gasteiger partial charge in [-0.25, -0.2) is 0 Å². The van der Waals surface area contributed by atoms with Crippen molar-refractivity contribution in [2.24, 2.45) is 0 Å². The van der Waals surface area contributed by atoms with Crippen LogP contribution < -0.4 is 9.47 Å². The summed E-state index contributed by atoms with van der Waals surface area (Å²) in [6, 6.07) is 11.4. The summed E-state index contributed by atoms with van der Waals surface area (Å²) in [6.07, 6.45) is 0. The molecule has 0 aliphatic heterocycles. The average Bonchev–Trinajstić information content (AvgIpc) is 2.46. The summed E-state index contributed by atoms with van der Waals surface area (Å²) >= 11 is 4.60. The van der Waals surface area contributed by atoms with Crippen LogP contribution in [-0.4, -0.2) is 14.2 Å². The minimum atomic E-state index is 0.741. The van der Waals surface area contributed by atoms with Gasteiger partial charge in [0.05, 0.1) is 25.0 Å². The molecule has 0 aliphatic rings. The van der Waals surface area contributed by atoms with Gasteiger partial charge in [-0.2, -0.15) is 0 Å². The first-order chi connectivity index (χ1) is 9.22. The van der Waals surface area contributed by atoms with Crippen molar-refractivity contribution >= 4 is 34.2 Å². The number of hydrogen-bond acceptors (Lipinski definition) is 3. The van der Waals surface area contributed by atoms with Gasteiger partial charge in [-0.05, 0) is 24.3 Å². The Morgan fingerprint density at radius 1 is 0.842 bits per heavy atom. The number of fused-ring (bicyclic) bond motifs is 2. The van der Waals surface area contributed by atoms with Crippen LogP contribution >= 0.6 is 0 Å². The van der Waals surface area contributed by atoms with Crippen LogP contribution in [-0.2, 0) is 12.2 Å². The van der Waals surface area contributed by atoms with E-state index in [2.05, 4.69) is 12.2 Å². The third-order valence-corrected chi connectivity index (χ3v) is 3.59. The largest absolute Gasteiger partial charge is 0.497 e. The smallest absolute Gasteiger partial charge is 0.243 e. The molecule has 0 fully saturated rings. The first kappa shape index (κ1) is 12.0. The second kappa shape index (κ2) is 4.55. The molecule has 3 nitrogen and oxygen atoms in total.